The average Bonchev–Trinajstić information content (AvgIpc) is 2.61. The Morgan fingerprint density at radius 3 is 2.48 bits per heavy atom. The van der Waals surface area contributed by atoms with E-state index in [0.29, 0.717) is 21.8 Å². The molecule has 0 spiro atoms. The number of hydrogen-bond acceptors (Lipinski definition) is 3. The van der Waals surface area contributed by atoms with Crippen LogP contribution in [0.1, 0.15) is 26.3 Å². The van der Waals surface area contributed by atoms with E-state index >= 15 is 0 Å². The fourth-order valence-corrected chi connectivity index (χ4v) is 2.62. The predicted molar refractivity (Wildman–Crippen MR) is 101 cm³/mol. The Kier molecular flexibility index (Phi) is 6.56. The first-order valence-electron chi connectivity index (χ1n) is 7.99. The molecule has 2 aromatic rings. The molecule has 0 bridgehead atoms. The van der Waals surface area contributed by atoms with E-state index in [2.05, 4.69) is 10.6 Å². The maximum Gasteiger partial charge on any atom is 0.255 e. The molecule has 0 heterocycles. The van der Waals surface area contributed by atoms with Gasteiger partial charge in [0.1, 0.15) is 0 Å². The van der Waals surface area contributed by atoms with Crippen molar-refractivity contribution in [2.24, 2.45) is 0 Å². The van der Waals surface area contributed by atoms with Crippen molar-refractivity contribution in [3.63, 3.8) is 0 Å². The normalized spacial score (nSPS) is 10.4. The van der Waals surface area contributed by atoms with Crippen molar-refractivity contribution < 1.29 is 9.59 Å². The third-order valence-corrected chi connectivity index (χ3v) is 4.10. The minimum Gasteiger partial charge on any atom is -0.345 e. The lowest BCUT2D eigenvalue weighted by Crippen LogP contribution is -2.22. The SMILES string of the molecule is CNCCc1ccccc1C(=O)Nc1ccc(Cl)c(C(=O)N(C)C)c1. The van der Waals surface area contributed by atoms with Crippen molar-refractivity contribution in [1.29, 1.82) is 0 Å². The fraction of sp³-hybridized carbons (Fsp3) is 0.263. The highest BCUT2D eigenvalue weighted by Crippen LogP contribution is 2.22. The highest BCUT2D eigenvalue weighted by atomic mass is 35.5. The Labute approximate surface area is 153 Å². The number of halogens is 1. The molecule has 0 aliphatic carbocycles. The van der Waals surface area contributed by atoms with Crippen LogP contribution in [0.25, 0.3) is 0 Å². The number of carbonyl (C=O) groups is 2. The third kappa shape index (κ3) is 4.81. The number of nitrogens with one attached hydrogen (secondary N) is 2. The van der Waals surface area contributed by atoms with E-state index in [4.69, 9.17) is 11.6 Å². The van der Waals surface area contributed by atoms with Crippen molar-refractivity contribution >= 4 is 29.1 Å². The molecule has 25 heavy (non-hydrogen) atoms. The first-order chi connectivity index (χ1) is 11.9. The molecule has 0 unspecified atom stereocenters. The largest absolute Gasteiger partial charge is 0.345 e. The van der Waals surface area contributed by atoms with Gasteiger partial charge in [0.25, 0.3) is 11.8 Å². The van der Waals surface area contributed by atoms with Crippen molar-refractivity contribution in [1.82, 2.24) is 10.2 Å². The van der Waals surface area contributed by atoms with Crippen LogP contribution in [-0.2, 0) is 6.42 Å². The average molecular weight is 360 g/mol. The summed E-state index contributed by atoms with van der Waals surface area (Å²) in [7, 11) is 5.18. The smallest absolute Gasteiger partial charge is 0.255 e. The quantitative estimate of drug-likeness (QED) is 0.833. The number of nitrogens with zero attached hydrogens (tertiary/aromatic N) is 1. The summed E-state index contributed by atoms with van der Waals surface area (Å²) in [6, 6.07) is 12.4. The molecule has 2 N–H and O–H groups in total. The molecule has 0 aliphatic rings. The van der Waals surface area contributed by atoms with Gasteiger partial charge in [-0.2, -0.15) is 0 Å². The van der Waals surface area contributed by atoms with E-state index in [-0.39, 0.29) is 11.8 Å². The summed E-state index contributed by atoms with van der Waals surface area (Å²) in [5.74, 6) is -0.423. The highest BCUT2D eigenvalue weighted by molar-refractivity contribution is 6.34. The first kappa shape index (κ1) is 19.0. The summed E-state index contributed by atoms with van der Waals surface area (Å²) < 4.78 is 0. The molecule has 0 radical (unpaired) electrons. The number of hydrogen-bond donors (Lipinski definition) is 2. The molecule has 6 heteroatoms. The van der Waals surface area contributed by atoms with E-state index in [1.165, 1.54) is 4.90 Å². The van der Waals surface area contributed by atoms with Gasteiger partial charge in [0, 0.05) is 25.3 Å². The second kappa shape index (κ2) is 8.65. The van der Waals surface area contributed by atoms with Gasteiger partial charge >= 0.3 is 0 Å². The zero-order valence-corrected chi connectivity index (χ0v) is 15.4. The van der Waals surface area contributed by atoms with Crippen molar-refractivity contribution in [3.05, 3.63) is 64.2 Å². The molecule has 0 saturated heterocycles. The number of rotatable bonds is 6. The summed E-state index contributed by atoms with van der Waals surface area (Å²) in [4.78, 5) is 26.2. The maximum atomic E-state index is 12.6. The predicted octanol–water partition coefficient (Wildman–Crippen LogP) is 3.06. The minimum absolute atomic E-state index is 0.211. The first-order valence-corrected chi connectivity index (χ1v) is 8.37. The van der Waals surface area contributed by atoms with E-state index in [0.717, 1.165) is 18.5 Å². The van der Waals surface area contributed by atoms with Crippen LogP contribution in [-0.4, -0.2) is 44.4 Å². The van der Waals surface area contributed by atoms with E-state index in [1.54, 1.807) is 38.4 Å². The van der Waals surface area contributed by atoms with Crippen LogP contribution in [0.3, 0.4) is 0 Å². The molecule has 2 amide bonds. The van der Waals surface area contributed by atoms with Gasteiger partial charge < -0.3 is 15.5 Å². The van der Waals surface area contributed by atoms with Gasteiger partial charge in [-0.15, -0.1) is 0 Å². The fourth-order valence-electron chi connectivity index (χ4n) is 2.43. The Hall–Kier alpha value is -2.37. The van der Waals surface area contributed by atoms with Crippen LogP contribution < -0.4 is 10.6 Å². The Morgan fingerprint density at radius 2 is 1.80 bits per heavy atom. The number of benzene rings is 2. The van der Waals surface area contributed by atoms with Crippen molar-refractivity contribution in [2.45, 2.75) is 6.42 Å². The lowest BCUT2D eigenvalue weighted by atomic mass is 10.0. The molecular weight excluding hydrogens is 338 g/mol. The van der Waals surface area contributed by atoms with Gasteiger partial charge in [-0.3, -0.25) is 9.59 Å². The van der Waals surface area contributed by atoms with Crippen LogP contribution in [0.4, 0.5) is 5.69 Å². The Balaban J connectivity index is 2.24. The zero-order valence-electron chi connectivity index (χ0n) is 14.6. The molecule has 132 valence electrons. The number of likely N-dealkylation sites (N-methyl/N-ethyl adjacent to an activating group) is 1. The summed E-state index contributed by atoms with van der Waals surface area (Å²) in [6.07, 6.45) is 0.755. The zero-order chi connectivity index (χ0) is 18.4. The molecule has 2 rings (SSSR count). The second-order valence-electron chi connectivity index (χ2n) is 5.86. The van der Waals surface area contributed by atoms with Crippen LogP contribution in [0, 0.1) is 0 Å². The van der Waals surface area contributed by atoms with Crippen LogP contribution in [0.15, 0.2) is 42.5 Å². The maximum absolute atomic E-state index is 12.6. The monoisotopic (exact) mass is 359 g/mol. The lowest BCUT2D eigenvalue weighted by Gasteiger charge is -2.14. The lowest BCUT2D eigenvalue weighted by molar-refractivity contribution is 0.0827. The Morgan fingerprint density at radius 1 is 1.08 bits per heavy atom. The molecule has 0 fully saturated rings. The molecule has 0 saturated carbocycles. The molecule has 0 aromatic heterocycles. The number of anilines is 1. The standard InChI is InChI=1S/C19H22ClN3O2/c1-21-11-10-13-6-4-5-7-15(13)18(24)22-14-8-9-17(20)16(12-14)19(25)23(2)3/h4-9,12,21H,10-11H2,1-3H3,(H,22,24). The van der Waals surface area contributed by atoms with Crippen molar-refractivity contribution in [3.8, 4) is 0 Å². The van der Waals surface area contributed by atoms with Gasteiger partial charge in [-0.1, -0.05) is 29.8 Å². The van der Waals surface area contributed by atoms with E-state index in [1.807, 2.05) is 25.2 Å². The summed E-state index contributed by atoms with van der Waals surface area (Å²) in [5, 5.41) is 6.28. The molecule has 5 nitrogen and oxygen atoms in total. The molecular formula is C19H22ClN3O2. The van der Waals surface area contributed by atoms with E-state index in [9.17, 15) is 9.59 Å². The Bertz CT molecular complexity index is 775. The summed E-state index contributed by atoms with van der Waals surface area (Å²) >= 11 is 6.10. The van der Waals surface area contributed by atoms with Gasteiger partial charge in [0.2, 0.25) is 0 Å². The second-order valence-corrected chi connectivity index (χ2v) is 6.27. The molecule has 2 aromatic carbocycles. The molecule has 0 aliphatic heterocycles. The number of amides is 2. The van der Waals surface area contributed by atoms with Gasteiger partial charge in [-0.05, 0) is 49.8 Å². The molecule has 0 atom stereocenters. The van der Waals surface area contributed by atoms with E-state index < -0.39 is 0 Å². The summed E-state index contributed by atoms with van der Waals surface area (Å²) in [5.41, 5.74) is 2.47. The van der Waals surface area contributed by atoms with Crippen LogP contribution in [0.5, 0.6) is 0 Å². The summed E-state index contributed by atoms with van der Waals surface area (Å²) in [6.45, 7) is 0.784. The third-order valence-electron chi connectivity index (χ3n) is 3.77. The topological polar surface area (TPSA) is 61.4 Å². The van der Waals surface area contributed by atoms with Crippen molar-refractivity contribution in [2.75, 3.05) is 33.0 Å². The van der Waals surface area contributed by atoms with Gasteiger partial charge in [0.15, 0.2) is 0 Å². The van der Waals surface area contributed by atoms with Crippen LogP contribution in [0.2, 0.25) is 5.02 Å². The minimum atomic E-state index is -0.212. The van der Waals surface area contributed by atoms with Gasteiger partial charge in [-0.25, -0.2) is 0 Å². The number of carbonyl (C=O) groups excluding carboxylic acids is 2. The van der Waals surface area contributed by atoms with Gasteiger partial charge in [0.05, 0.1) is 10.6 Å². The van der Waals surface area contributed by atoms with Crippen LogP contribution >= 0.6 is 11.6 Å². The highest BCUT2D eigenvalue weighted by Gasteiger charge is 2.15.